The molecule has 3 amide bonds. The van der Waals surface area contributed by atoms with Gasteiger partial charge in [-0.25, -0.2) is 0 Å². The molecule has 1 N–H and O–H groups in total. The summed E-state index contributed by atoms with van der Waals surface area (Å²) < 4.78 is 5.54. The molecule has 1 aromatic carbocycles. The fourth-order valence-corrected chi connectivity index (χ4v) is 4.21. The number of imide groups is 1. The molecule has 0 saturated carbocycles. The molecule has 0 bridgehead atoms. The van der Waals surface area contributed by atoms with Gasteiger partial charge in [0.2, 0.25) is 5.13 Å². The van der Waals surface area contributed by atoms with Crippen molar-refractivity contribution in [1.82, 2.24) is 15.1 Å². The smallest absolute Gasteiger partial charge is 0.261 e. The maximum absolute atomic E-state index is 12.7. The van der Waals surface area contributed by atoms with E-state index in [0.717, 1.165) is 30.7 Å². The highest BCUT2D eigenvalue weighted by Crippen LogP contribution is 2.26. The number of hydrogen-bond acceptors (Lipinski definition) is 7. The lowest BCUT2D eigenvalue weighted by Gasteiger charge is -2.17. The molecule has 4 rings (SSSR count). The topological polar surface area (TPSA) is 101 Å². The van der Waals surface area contributed by atoms with E-state index in [2.05, 4.69) is 15.5 Å². The van der Waals surface area contributed by atoms with E-state index >= 15 is 0 Å². The lowest BCUT2D eigenvalue weighted by molar-refractivity contribution is 0.0475. The molecule has 3 heterocycles. The molecular weight excluding hydrogens is 380 g/mol. The predicted molar refractivity (Wildman–Crippen MR) is 103 cm³/mol. The molecule has 1 saturated heterocycles. The van der Waals surface area contributed by atoms with Crippen LogP contribution in [0.4, 0.5) is 5.13 Å². The highest BCUT2D eigenvalue weighted by Gasteiger charge is 2.38. The van der Waals surface area contributed by atoms with Crippen LogP contribution in [0.2, 0.25) is 0 Å². The van der Waals surface area contributed by atoms with Crippen molar-refractivity contribution in [2.45, 2.75) is 38.7 Å². The van der Waals surface area contributed by atoms with Crippen molar-refractivity contribution < 1.29 is 19.1 Å². The van der Waals surface area contributed by atoms with Crippen LogP contribution in [0.15, 0.2) is 18.2 Å². The normalized spacial score (nSPS) is 18.6. The maximum Gasteiger partial charge on any atom is 0.261 e. The first-order valence-electron chi connectivity index (χ1n) is 9.32. The lowest BCUT2D eigenvalue weighted by atomic mass is 10.1. The van der Waals surface area contributed by atoms with Gasteiger partial charge in [0.1, 0.15) is 5.01 Å². The van der Waals surface area contributed by atoms with Gasteiger partial charge in [-0.05, 0) is 37.5 Å². The monoisotopic (exact) mass is 400 g/mol. The van der Waals surface area contributed by atoms with E-state index < -0.39 is 0 Å². The molecule has 2 aromatic rings. The predicted octanol–water partition coefficient (Wildman–Crippen LogP) is 2.52. The summed E-state index contributed by atoms with van der Waals surface area (Å²) in [5.74, 6) is -1.11. The second-order valence-electron chi connectivity index (χ2n) is 6.82. The Kier molecular flexibility index (Phi) is 5.19. The highest BCUT2D eigenvalue weighted by atomic mass is 32.1. The first-order valence-corrected chi connectivity index (χ1v) is 10.1. The van der Waals surface area contributed by atoms with Crippen LogP contribution in [0.3, 0.4) is 0 Å². The van der Waals surface area contributed by atoms with E-state index in [4.69, 9.17) is 4.74 Å². The first kappa shape index (κ1) is 18.7. The van der Waals surface area contributed by atoms with Gasteiger partial charge in [0, 0.05) is 18.6 Å². The molecule has 1 atom stereocenters. The number of hydrogen-bond donors (Lipinski definition) is 1. The summed E-state index contributed by atoms with van der Waals surface area (Å²) in [5, 5.41) is 12.0. The minimum atomic E-state index is -0.389. The number of anilines is 1. The molecule has 1 aromatic heterocycles. The lowest BCUT2D eigenvalue weighted by Crippen LogP contribution is -2.36. The van der Waals surface area contributed by atoms with Gasteiger partial charge in [0.25, 0.3) is 17.7 Å². The Balaban J connectivity index is 1.49. The summed E-state index contributed by atoms with van der Waals surface area (Å²) in [6.07, 6.45) is 3.42. The van der Waals surface area contributed by atoms with Crippen LogP contribution < -0.4 is 5.32 Å². The number of fused-ring (bicyclic) bond motifs is 1. The Morgan fingerprint density at radius 3 is 2.86 bits per heavy atom. The van der Waals surface area contributed by atoms with Crippen LogP contribution in [-0.4, -0.2) is 52.1 Å². The third-order valence-electron chi connectivity index (χ3n) is 4.79. The maximum atomic E-state index is 12.7. The van der Waals surface area contributed by atoms with Gasteiger partial charge in [-0.1, -0.05) is 18.3 Å². The third kappa shape index (κ3) is 3.55. The van der Waals surface area contributed by atoms with E-state index in [0.29, 0.717) is 22.9 Å². The van der Waals surface area contributed by atoms with Crippen LogP contribution in [0, 0.1) is 0 Å². The average molecular weight is 400 g/mol. The van der Waals surface area contributed by atoms with E-state index in [9.17, 15) is 14.4 Å². The van der Waals surface area contributed by atoms with Gasteiger partial charge in [0.05, 0.1) is 23.8 Å². The molecule has 2 aliphatic rings. The zero-order valence-electron chi connectivity index (χ0n) is 15.4. The Morgan fingerprint density at radius 1 is 1.29 bits per heavy atom. The van der Waals surface area contributed by atoms with Crippen molar-refractivity contribution in [2.75, 3.05) is 18.5 Å². The quantitative estimate of drug-likeness (QED) is 0.748. The van der Waals surface area contributed by atoms with E-state index in [-0.39, 0.29) is 35.9 Å². The minimum absolute atomic E-state index is 0.111. The van der Waals surface area contributed by atoms with Gasteiger partial charge in [-0.3, -0.25) is 24.6 Å². The van der Waals surface area contributed by atoms with E-state index in [1.165, 1.54) is 28.4 Å². The van der Waals surface area contributed by atoms with Crippen LogP contribution in [0.1, 0.15) is 62.3 Å². The van der Waals surface area contributed by atoms with E-state index in [1.807, 2.05) is 6.92 Å². The molecule has 2 aliphatic heterocycles. The number of carbonyl (C=O) groups excluding carboxylic acids is 3. The van der Waals surface area contributed by atoms with Crippen molar-refractivity contribution >= 4 is 34.2 Å². The number of nitrogens with one attached hydrogen (secondary N) is 1. The van der Waals surface area contributed by atoms with Crippen LogP contribution in [0.5, 0.6) is 0 Å². The molecule has 146 valence electrons. The number of nitrogens with zero attached hydrogens (tertiary/aromatic N) is 3. The number of ether oxygens (including phenoxy) is 1. The number of aryl methyl sites for hydroxylation is 1. The summed E-state index contributed by atoms with van der Waals surface area (Å²) >= 11 is 1.33. The molecule has 1 fully saturated rings. The van der Waals surface area contributed by atoms with Gasteiger partial charge in [-0.2, -0.15) is 0 Å². The van der Waals surface area contributed by atoms with Gasteiger partial charge < -0.3 is 4.74 Å². The zero-order chi connectivity index (χ0) is 19.7. The molecule has 0 aliphatic carbocycles. The standard InChI is InChI=1S/C19H20N4O4S/c1-2-4-15-21-22-19(28-15)20-16(24)11-6-7-13-14(9-11)18(26)23(17(13)25)10-12-5-3-8-27-12/h6-7,9,12H,2-5,8,10H2,1H3,(H,20,22,24)/t12-/m0/s1. The molecule has 0 radical (unpaired) electrons. The molecule has 0 spiro atoms. The van der Waals surface area contributed by atoms with Gasteiger partial charge in [-0.15, -0.1) is 10.2 Å². The first-order chi connectivity index (χ1) is 13.6. The van der Waals surface area contributed by atoms with Crippen LogP contribution in [0.25, 0.3) is 0 Å². The number of carbonyl (C=O) groups is 3. The van der Waals surface area contributed by atoms with Crippen molar-refractivity contribution in [3.63, 3.8) is 0 Å². The number of amides is 3. The summed E-state index contributed by atoms with van der Waals surface area (Å²) in [4.78, 5) is 39.0. The Hall–Kier alpha value is -2.65. The van der Waals surface area contributed by atoms with Crippen LogP contribution in [-0.2, 0) is 11.2 Å². The minimum Gasteiger partial charge on any atom is -0.376 e. The largest absolute Gasteiger partial charge is 0.376 e. The fourth-order valence-electron chi connectivity index (χ4n) is 3.38. The van der Waals surface area contributed by atoms with Crippen molar-refractivity contribution in [2.24, 2.45) is 0 Å². The Bertz CT molecular complexity index is 936. The number of aromatic nitrogens is 2. The molecule has 0 unspecified atom stereocenters. The number of rotatable bonds is 6. The Labute approximate surface area is 165 Å². The second-order valence-corrected chi connectivity index (χ2v) is 7.88. The fraction of sp³-hybridized carbons (Fsp3) is 0.421. The highest BCUT2D eigenvalue weighted by molar-refractivity contribution is 7.15. The summed E-state index contributed by atoms with van der Waals surface area (Å²) in [7, 11) is 0. The average Bonchev–Trinajstić information content (AvgIpc) is 3.41. The SMILES string of the molecule is CCCc1nnc(NC(=O)c2ccc3c(c2)C(=O)N(C[C@@H]2CCCO2)C3=O)s1. The van der Waals surface area contributed by atoms with Crippen molar-refractivity contribution in [3.05, 3.63) is 39.9 Å². The second kappa shape index (κ2) is 7.76. The van der Waals surface area contributed by atoms with Gasteiger partial charge in [0.15, 0.2) is 0 Å². The van der Waals surface area contributed by atoms with Gasteiger partial charge >= 0.3 is 0 Å². The zero-order valence-corrected chi connectivity index (χ0v) is 16.3. The summed E-state index contributed by atoms with van der Waals surface area (Å²) in [6.45, 7) is 2.95. The molecule has 28 heavy (non-hydrogen) atoms. The Morgan fingerprint density at radius 2 is 2.11 bits per heavy atom. The van der Waals surface area contributed by atoms with Crippen molar-refractivity contribution in [1.29, 1.82) is 0 Å². The summed E-state index contributed by atoms with van der Waals surface area (Å²) in [5.41, 5.74) is 0.867. The van der Waals surface area contributed by atoms with Crippen LogP contribution >= 0.6 is 11.3 Å². The molecule has 8 nitrogen and oxygen atoms in total. The number of benzene rings is 1. The summed E-state index contributed by atoms with van der Waals surface area (Å²) in [6, 6.07) is 4.54. The molecule has 9 heteroatoms. The third-order valence-corrected chi connectivity index (χ3v) is 5.69. The van der Waals surface area contributed by atoms with Crippen molar-refractivity contribution in [3.8, 4) is 0 Å². The molecular formula is C19H20N4O4S. The van der Waals surface area contributed by atoms with E-state index in [1.54, 1.807) is 6.07 Å².